The highest BCUT2D eigenvalue weighted by molar-refractivity contribution is 6.17. The molecule has 0 unspecified atom stereocenters. The van der Waals surface area contributed by atoms with Gasteiger partial charge in [0, 0.05) is 12.4 Å². The van der Waals surface area contributed by atoms with Gasteiger partial charge < -0.3 is 0 Å². The molecular formula is C9H16ClN3. The third-order valence-electron chi connectivity index (χ3n) is 1.97. The van der Waals surface area contributed by atoms with Gasteiger partial charge >= 0.3 is 0 Å². The van der Waals surface area contributed by atoms with Crippen LogP contribution < -0.4 is 0 Å². The Hall–Kier alpha value is -0.570. The Kier molecular flexibility index (Phi) is 4.22. The third-order valence-corrected chi connectivity index (χ3v) is 2.23. The maximum atomic E-state index is 5.58. The summed E-state index contributed by atoms with van der Waals surface area (Å²) in [6.07, 6.45) is 3.40. The molecular weight excluding hydrogens is 186 g/mol. The fourth-order valence-electron chi connectivity index (χ4n) is 1.31. The van der Waals surface area contributed by atoms with E-state index in [1.54, 1.807) is 0 Å². The summed E-state index contributed by atoms with van der Waals surface area (Å²) in [4.78, 5) is 4.24. The van der Waals surface area contributed by atoms with Gasteiger partial charge in [0.2, 0.25) is 0 Å². The highest BCUT2D eigenvalue weighted by Crippen LogP contribution is 2.02. The number of hydrogen-bond acceptors (Lipinski definition) is 2. The topological polar surface area (TPSA) is 30.7 Å². The van der Waals surface area contributed by atoms with Crippen molar-refractivity contribution in [3.05, 3.63) is 11.6 Å². The zero-order valence-electron chi connectivity index (χ0n) is 8.26. The van der Waals surface area contributed by atoms with Crippen LogP contribution in [0.3, 0.4) is 0 Å². The van der Waals surface area contributed by atoms with Crippen LogP contribution in [0, 0.1) is 13.8 Å². The Morgan fingerprint density at radius 3 is 2.54 bits per heavy atom. The second-order valence-electron chi connectivity index (χ2n) is 3.18. The van der Waals surface area contributed by atoms with Crippen molar-refractivity contribution in [1.29, 1.82) is 0 Å². The largest absolute Gasteiger partial charge is 0.250 e. The Labute approximate surface area is 84.1 Å². The first-order valence-electron chi connectivity index (χ1n) is 4.68. The lowest BCUT2D eigenvalue weighted by atomic mass is 10.2. The molecule has 0 saturated carbocycles. The average Bonchev–Trinajstić information content (AvgIpc) is 2.39. The van der Waals surface area contributed by atoms with Crippen LogP contribution in [0.4, 0.5) is 0 Å². The van der Waals surface area contributed by atoms with E-state index in [9.17, 15) is 0 Å². The molecule has 1 aromatic rings. The molecule has 0 N–H and O–H groups in total. The van der Waals surface area contributed by atoms with Gasteiger partial charge in [-0.1, -0.05) is 6.42 Å². The number of halogens is 1. The molecule has 0 saturated heterocycles. The smallest absolute Gasteiger partial charge is 0.147 e. The van der Waals surface area contributed by atoms with E-state index in [0.29, 0.717) is 0 Å². The summed E-state index contributed by atoms with van der Waals surface area (Å²) in [7, 11) is 0. The van der Waals surface area contributed by atoms with Crippen LogP contribution in [-0.4, -0.2) is 20.6 Å². The predicted molar refractivity (Wildman–Crippen MR) is 54.1 cm³/mol. The van der Waals surface area contributed by atoms with Gasteiger partial charge in [-0.05, 0) is 26.7 Å². The monoisotopic (exact) mass is 201 g/mol. The molecule has 13 heavy (non-hydrogen) atoms. The molecule has 1 heterocycles. The number of unbranched alkanes of at least 4 members (excludes halogenated alkanes) is 2. The minimum Gasteiger partial charge on any atom is -0.250 e. The summed E-state index contributed by atoms with van der Waals surface area (Å²) < 4.78 is 1.96. The van der Waals surface area contributed by atoms with Crippen molar-refractivity contribution in [3.8, 4) is 0 Å². The van der Waals surface area contributed by atoms with E-state index in [1.807, 2.05) is 18.5 Å². The average molecular weight is 202 g/mol. The SMILES string of the molecule is Cc1nc(C)n(CCCCCCl)n1. The van der Waals surface area contributed by atoms with E-state index in [2.05, 4.69) is 10.1 Å². The van der Waals surface area contributed by atoms with Crippen molar-refractivity contribution in [3.63, 3.8) is 0 Å². The van der Waals surface area contributed by atoms with Gasteiger partial charge in [0.1, 0.15) is 11.6 Å². The fraction of sp³-hybridized carbons (Fsp3) is 0.778. The standard InChI is InChI=1S/C9H16ClN3/c1-8-11-9(2)13(12-8)7-5-3-4-6-10/h3-7H2,1-2H3. The molecule has 1 aromatic heterocycles. The van der Waals surface area contributed by atoms with E-state index >= 15 is 0 Å². The molecule has 0 aromatic carbocycles. The van der Waals surface area contributed by atoms with Crippen LogP contribution in [0.15, 0.2) is 0 Å². The second kappa shape index (κ2) is 5.22. The van der Waals surface area contributed by atoms with Crippen LogP contribution in [0.2, 0.25) is 0 Å². The van der Waals surface area contributed by atoms with Crippen LogP contribution in [0.25, 0.3) is 0 Å². The summed E-state index contributed by atoms with van der Waals surface area (Å²) in [6.45, 7) is 4.87. The lowest BCUT2D eigenvalue weighted by Gasteiger charge is -2.01. The number of aromatic nitrogens is 3. The van der Waals surface area contributed by atoms with Gasteiger partial charge in [0.05, 0.1) is 0 Å². The van der Waals surface area contributed by atoms with Crippen LogP contribution in [0.5, 0.6) is 0 Å². The van der Waals surface area contributed by atoms with Crippen molar-refractivity contribution in [1.82, 2.24) is 14.8 Å². The fourth-order valence-corrected chi connectivity index (χ4v) is 1.49. The maximum Gasteiger partial charge on any atom is 0.147 e. The molecule has 1 rings (SSSR count). The third kappa shape index (κ3) is 3.35. The molecule has 0 amide bonds. The van der Waals surface area contributed by atoms with E-state index in [4.69, 9.17) is 11.6 Å². The number of alkyl halides is 1. The first-order valence-corrected chi connectivity index (χ1v) is 5.21. The first-order chi connectivity index (χ1) is 6.24. The van der Waals surface area contributed by atoms with Gasteiger partial charge in [-0.15, -0.1) is 11.6 Å². The molecule has 74 valence electrons. The summed E-state index contributed by atoms with van der Waals surface area (Å²) in [5.74, 6) is 2.62. The molecule has 0 aliphatic heterocycles. The molecule has 0 aliphatic rings. The lowest BCUT2D eigenvalue weighted by molar-refractivity contribution is 0.539. The maximum absolute atomic E-state index is 5.58. The first kappa shape index (κ1) is 10.5. The number of rotatable bonds is 5. The zero-order valence-corrected chi connectivity index (χ0v) is 9.01. The van der Waals surface area contributed by atoms with Crippen LogP contribution in [0.1, 0.15) is 30.9 Å². The van der Waals surface area contributed by atoms with Gasteiger partial charge in [-0.25, -0.2) is 4.98 Å². The van der Waals surface area contributed by atoms with Gasteiger partial charge in [-0.3, -0.25) is 4.68 Å². The normalized spacial score (nSPS) is 10.7. The highest BCUT2D eigenvalue weighted by atomic mass is 35.5. The molecule has 4 heteroatoms. The summed E-state index contributed by atoms with van der Waals surface area (Å²) >= 11 is 5.58. The summed E-state index contributed by atoms with van der Waals surface area (Å²) in [5, 5.41) is 4.28. The van der Waals surface area contributed by atoms with Crippen molar-refractivity contribution in [2.75, 3.05) is 5.88 Å². The molecule has 3 nitrogen and oxygen atoms in total. The Balaban J connectivity index is 2.32. The van der Waals surface area contributed by atoms with Crippen molar-refractivity contribution in [2.45, 2.75) is 39.7 Å². The molecule has 0 atom stereocenters. The number of hydrogen-bond donors (Lipinski definition) is 0. The Morgan fingerprint density at radius 2 is 2.00 bits per heavy atom. The Morgan fingerprint density at radius 1 is 1.23 bits per heavy atom. The summed E-state index contributed by atoms with van der Waals surface area (Å²) in [6, 6.07) is 0. The molecule has 0 spiro atoms. The number of aryl methyl sites for hydroxylation is 3. The quantitative estimate of drug-likeness (QED) is 0.541. The van der Waals surface area contributed by atoms with E-state index in [0.717, 1.165) is 36.9 Å². The zero-order chi connectivity index (χ0) is 9.68. The molecule has 0 radical (unpaired) electrons. The Bertz CT molecular complexity index is 257. The van der Waals surface area contributed by atoms with Crippen molar-refractivity contribution < 1.29 is 0 Å². The molecule has 0 aliphatic carbocycles. The van der Waals surface area contributed by atoms with E-state index < -0.39 is 0 Å². The second-order valence-corrected chi connectivity index (χ2v) is 3.56. The minimum atomic E-state index is 0.759. The van der Waals surface area contributed by atoms with Crippen LogP contribution in [-0.2, 0) is 6.54 Å². The summed E-state index contributed by atoms with van der Waals surface area (Å²) in [5.41, 5.74) is 0. The lowest BCUT2D eigenvalue weighted by Crippen LogP contribution is -2.02. The van der Waals surface area contributed by atoms with Gasteiger partial charge in [0.25, 0.3) is 0 Å². The predicted octanol–water partition coefficient (Wildman–Crippen LogP) is 2.30. The minimum absolute atomic E-state index is 0.759. The number of nitrogens with zero attached hydrogens (tertiary/aromatic N) is 3. The van der Waals surface area contributed by atoms with Crippen molar-refractivity contribution in [2.24, 2.45) is 0 Å². The van der Waals surface area contributed by atoms with E-state index in [1.165, 1.54) is 6.42 Å². The molecule has 0 bridgehead atoms. The van der Waals surface area contributed by atoms with Crippen LogP contribution >= 0.6 is 11.6 Å². The van der Waals surface area contributed by atoms with Gasteiger partial charge in [0.15, 0.2) is 0 Å². The molecule has 0 fully saturated rings. The van der Waals surface area contributed by atoms with E-state index in [-0.39, 0.29) is 0 Å². The van der Waals surface area contributed by atoms with Crippen molar-refractivity contribution >= 4 is 11.6 Å². The highest BCUT2D eigenvalue weighted by Gasteiger charge is 2.00. The van der Waals surface area contributed by atoms with Gasteiger partial charge in [-0.2, -0.15) is 5.10 Å².